The second-order valence-corrected chi connectivity index (χ2v) is 13.9. The Morgan fingerprint density at radius 1 is 1.02 bits per heavy atom. The minimum atomic E-state index is -1.00. The fraction of sp³-hybridized carbons (Fsp3) is 0.406. The van der Waals surface area contributed by atoms with Gasteiger partial charge < -0.3 is 19.8 Å². The zero-order chi connectivity index (χ0) is 30.9. The van der Waals surface area contributed by atoms with Crippen LogP contribution in [-0.2, 0) is 19.1 Å². The fourth-order valence-electron chi connectivity index (χ4n) is 7.87. The first kappa shape index (κ1) is 28.8. The van der Waals surface area contributed by atoms with Crippen LogP contribution in [0, 0.1) is 29.6 Å². The summed E-state index contributed by atoms with van der Waals surface area (Å²) in [5.74, 6) is -1.87. The van der Waals surface area contributed by atoms with Gasteiger partial charge >= 0.3 is 10.8 Å². The second kappa shape index (κ2) is 10.9. The zero-order valence-corrected chi connectivity index (χ0v) is 25.9. The van der Waals surface area contributed by atoms with E-state index in [-0.39, 0.29) is 52.2 Å². The lowest BCUT2D eigenvalue weighted by molar-refractivity contribution is -0.146. The number of rotatable bonds is 7. The predicted octanol–water partition coefficient (Wildman–Crippen LogP) is 4.12. The van der Waals surface area contributed by atoms with Gasteiger partial charge in [0.15, 0.2) is 0 Å². The van der Waals surface area contributed by atoms with Crippen LogP contribution in [0.3, 0.4) is 0 Å². The number of carbonyl (C=O) groups excluding carboxylic acids is 4. The summed E-state index contributed by atoms with van der Waals surface area (Å²) in [6, 6.07) is 13.1. The molecule has 2 aliphatic heterocycles. The van der Waals surface area contributed by atoms with Gasteiger partial charge in [0.25, 0.3) is 0 Å². The summed E-state index contributed by atoms with van der Waals surface area (Å²) in [5, 5.41) is 3.69. The number of hydrogen-bond donors (Lipinski definition) is 2. The maximum absolute atomic E-state index is 14.0. The molecular formula is C32H31N3O7S2. The molecule has 3 amide bonds. The number of carbonyl (C=O) groups is 4. The van der Waals surface area contributed by atoms with E-state index in [4.69, 9.17) is 9.47 Å². The summed E-state index contributed by atoms with van der Waals surface area (Å²) >= 11 is 2.85. The maximum Gasteiger partial charge on any atom is 0.338 e. The standard InChI is InChI=1S/C32H31N3O7S2/c1-4-42-31(39)16-5-9-17(10-6-16)33-27(36)14(2)35-29(37)23-19-13-20(24(23)30(35)38)25-22(19)21(15-7-11-18(41-3)12-8-15)26-28(43-25)34-32(40)44-26/h5-12,14,19-25H,4,13H2,1-3H3,(H,33,36)(H,34,40). The number of anilines is 1. The number of likely N-dealkylation sites (tertiary alicyclic amines) is 1. The van der Waals surface area contributed by atoms with E-state index in [1.54, 1.807) is 57.0 Å². The van der Waals surface area contributed by atoms with Gasteiger partial charge in [-0.15, -0.1) is 11.8 Å². The van der Waals surface area contributed by atoms with Crippen LogP contribution in [0.4, 0.5) is 5.69 Å². The number of nitrogens with zero attached hydrogens (tertiary/aromatic N) is 1. The van der Waals surface area contributed by atoms with Crippen LogP contribution in [0.1, 0.15) is 47.0 Å². The SMILES string of the molecule is CCOC(=O)c1ccc(NC(=O)C(C)N2C(=O)C3C4CC(C3C2=O)C2C(c3ccc(OC)cc3)c3sc(=O)[nH]c3SC42)cc1. The summed E-state index contributed by atoms with van der Waals surface area (Å²) in [6.07, 6.45) is 0.766. The van der Waals surface area contributed by atoms with Crippen LogP contribution >= 0.6 is 23.1 Å². The molecule has 8 atom stereocenters. The Balaban J connectivity index is 1.14. The van der Waals surface area contributed by atoms with Crippen LogP contribution in [0.25, 0.3) is 0 Å². The van der Waals surface area contributed by atoms with Crippen LogP contribution in [0.15, 0.2) is 58.4 Å². The summed E-state index contributed by atoms with van der Waals surface area (Å²) in [4.78, 5) is 70.7. The van der Waals surface area contributed by atoms with Gasteiger partial charge in [0.1, 0.15) is 11.8 Å². The molecule has 3 fully saturated rings. The van der Waals surface area contributed by atoms with E-state index < -0.39 is 29.8 Å². The molecule has 0 spiro atoms. The van der Waals surface area contributed by atoms with E-state index in [2.05, 4.69) is 10.3 Å². The third-order valence-corrected chi connectivity index (χ3v) is 12.3. The zero-order valence-electron chi connectivity index (χ0n) is 24.3. The second-order valence-electron chi connectivity index (χ2n) is 11.7. The van der Waals surface area contributed by atoms with E-state index in [0.717, 1.165) is 27.6 Å². The first-order valence-electron chi connectivity index (χ1n) is 14.7. The van der Waals surface area contributed by atoms with Crippen molar-refractivity contribution in [2.24, 2.45) is 29.6 Å². The molecule has 2 saturated carbocycles. The number of hydrogen-bond acceptors (Lipinski definition) is 9. The van der Waals surface area contributed by atoms with Gasteiger partial charge in [0.05, 0.1) is 36.1 Å². The van der Waals surface area contributed by atoms with Gasteiger partial charge in [-0.2, -0.15) is 0 Å². The van der Waals surface area contributed by atoms with Gasteiger partial charge in [-0.1, -0.05) is 23.5 Å². The lowest BCUT2D eigenvalue weighted by atomic mass is 9.68. The molecule has 3 heterocycles. The van der Waals surface area contributed by atoms with Crippen LogP contribution in [-0.4, -0.2) is 58.6 Å². The van der Waals surface area contributed by atoms with Crippen molar-refractivity contribution < 1.29 is 28.7 Å². The van der Waals surface area contributed by atoms with Crippen LogP contribution in [0.5, 0.6) is 5.75 Å². The van der Waals surface area contributed by atoms with Gasteiger partial charge in [-0.05, 0) is 80.0 Å². The molecule has 2 aromatic carbocycles. The van der Waals surface area contributed by atoms with Crippen molar-refractivity contribution in [2.75, 3.05) is 19.0 Å². The number of aromatic amines is 1. The lowest BCUT2D eigenvalue weighted by Crippen LogP contribution is -2.46. The normalized spacial score (nSPS) is 28.7. The van der Waals surface area contributed by atoms with Gasteiger partial charge in [-0.25, -0.2) is 4.79 Å². The molecule has 2 N–H and O–H groups in total. The van der Waals surface area contributed by atoms with E-state index in [1.807, 2.05) is 24.3 Å². The Kier molecular flexibility index (Phi) is 7.16. The average Bonchev–Trinajstić information content (AvgIpc) is 3.76. The lowest BCUT2D eigenvalue weighted by Gasteiger charge is -2.43. The number of H-pyrrole nitrogens is 1. The Hall–Kier alpha value is -3.90. The molecule has 7 rings (SSSR count). The fourth-order valence-corrected chi connectivity index (χ4v) is 10.8. The van der Waals surface area contributed by atoms with E-state index in [0.29, 0.717) is 11.3 Å². The highest BCUT2D eigenvalue weighted by molar-refractivity contribution is 8.00. The van der Waals surface area contributed by atoms with Gasteiger partial charge in [0, 0.05) is 21.7 Å². The van der Waals surface area contributed by atoms with Crippen LogP contribution < -0.4 is 14.9 Å². The number of imide groups is 1. The molecule has 44 heavy (non-hydrogen) atoms. The van der Waals surface area contributed by atoms with Crippen molar-refractivity contribution in [1.29, 1.82) is 0 Å². The molecule has 4 aliphatic rings. The third-order valence-electron chi connectivity index (χ3n) is 9.66. The third kappa shape index (κ3) is 4.41. The molecule has 0 radical (unpaired) electrons. The molecule has 1 saturated heterocycles. The van der Waals surface area contributed by atoms with E-state index in [9.17, 15) is 24.0 Å². The molecule has 228 valence electrons. The van der Waals surface area contributed by atoms with Crippen molar-refractivity contribution >= 4 is 52.5 Å². The summed E-state index contributed by atoms with van der Waals surface area (Å²) in [7, 11) is 1.62. The summed E-state index contributed by atoms with van der Waals surface area (Å²) in [6.45, 7) is 3.56. The summed E-state index contributed by atoms with van der Waals surface area (Å²) in [5.41, 5.74) is 1.85. The molecule has 3 aromatic rings. The highest BCUT2D eigenvalue weighted by atomic mass is 32.2. The number of benzene rings is 2. The summed E-state index contributed by atoms with van der Waals surface area (Å²) < 4.78 is 10.4. The van der Waals surface area contributed by atoms with Crippen molar-refractivity contribution in [3.8, 4) is 5.75 Å². The highest BCUT2D eigenvalue weighted by Gasteiger charge is 2.70. The molecule has 10 nitrogen and oxygen atoms in total. The van der Waals surface area contributed by atoms with Crippen LogP contribution in [0.2, 0.25) is 0 Å². The quantitative estimate of drug-likeness (QED) is 0.293. The number of amides is 3. The molecule has 8 unspecified atom stereocenters. The van der Waals surface area contributed by atoms with Crippen molar-refractivity contribution in [3.63, 3.8) is 0 Å². The molecule has 2 aliphatic carbocycles. The Labute approximate surface area is 261 Å². The molecule has 1 aromatic heterocycles. The topological polar surface area (TPSA) is 135 Å². The Bertz CT molecular complexity index is 1720. The maximum atomic E-state index is 14.0. The number of fused-ring (bicyclic) bond motifs is 9. The minimum absolute atomic E-state index is 0.0376. The monoisotopic (exact) mass is 633 g/mol. The Morgan fingerprint density at radius 2 is 1.70 bits per heavy atom. The number of nitrogens with one attached hydrogen (secondary N) is 2. The number of aromatic nitrogens is 1. The molecule has 2 bridgehead atoms. The minimum Gasteiger partial charge on any atom is -0.497 e. The predicted molar refractivity (Wildman–Crippen MR) is 164 cm³/mol. The first-order chi connectivity index (χ1) is 21.2. The number of ether oxygens (including phenoxy) is 2. The van der Waals surface area contributed by atoms with Gasteiger partial charge in [-0.3, -0.25) is 24.1 Å². The number of methoxy groups -OCH3 is 1. The number of thiazole rings is 1. The Morgan fingerprint density at radius 3 is 2.36 bits per heavy atom. The smallest absolute Gasteiger partial charge is 0.338 e. The first-order valence-corrected chi connectivity index (χ1v) is 16.4. The van der Waals surface area contributed by atoms with Crippen molar-refractivity contribution in [3.05, 3.63) is 74.2 Å². The van der Waals surface area contributed by atoms with Gasteiger partial charge in [0.2, 0.25) is 17.7 Å². The molecular weight excluding hydrogens is 603 g/mol. The molecule has 12 heteroatoms. The van der Waals surface area contributed by atoms with E-state index in [1.165, 1.54) is 16.2 Å². The highest BCUT2D eigenvalue weighted by Crippen LogP contribution is 2.68. The van der Waals surface area contributed by atoms with Crippen molar-refractivity contribution in [1.82, 2.24) is 9.88 Å². The van der Waals surface area contributed by atoms with Crippen molar-refractivity contribution in [2.45, 2.75) is 42.5 Å². The average molecular weight is 634 g/mol. The number of thioether (sulfide) groups is 1. The largest absolute Gasteiger partial charge is 0.497 e. The number of esters is 1. The van der Waals surface area contributed by atoms with E-state index >= 15 is 0 Å².